The van der Waals surface area contributed by atoms with Crippen LogP contribution in [0.15, 0.2) is 54.0 Å². The lowest BCUT2D eigenvalue weighted by Gasteiger charge is -2.32. The zero-order valence-corrected chi connectivity index (χ0v) is 14.7. The van der Waals surface area contributed by atoms with Gasteiger partial charge in [0, 0.05) is 43.7 Å². The Labute approximate surface area is 155 Å². The Balaban J connectivity index is 1.45. The molecule has 0 radical (unpaired) electrons. The lowest BCUT2D eigenvalue weighted by atomic mass is 9.97. The summed E-state index contributed by atoms with van der Waals surface area (Å²) in [5.74, 6) is 0.251. The molecular formula is C19H19FN6O. The fraction of sp³-hybridized carbons (Fsp3) is 0.316. The molecule has 0 aromatic carbocycles. The van der Waals surface area contributed by atoms with Crippen molar-refractivity contribution in [2.75, 3.05) is 18.0 Å². The van der Waals surface area contributed by atoms with Gasteiger partial charge in [0.1, 0.15) is 6.33 Å². The second-order valence-corrected chi connectivity index (χ2v) is 6.60. The van der Waals surface area contributed by atoms with Gasteiger partial charge in [0.25, 0.3) is 5.56 Å². The van der Waals surface area contributed by atoms with Crippen LogP contribution < -0.4 is 10.5 Å². The van der Waals surface area contributed by atoms with E-state index in [2.05, 4.69) is 20.1 Å². The summed E-state index contributed by atoms with van der Waals surface area (Å²) in [6.07, 6.45) is 7.64. The fourth-order valence-electron chi connectivity index (χ4n) is 3.37. The van der Waals surface area contributed by atoms with Gasteiger partial charge in [0.05, 0.1) is 11.9 Å². The van der Waals surface area contributed by atoms with Crippen molar-refractivity contribution >= 4 is 5.82 Å². The van der Waals surface area contributed by atoms with E-state index in [0.717, 1.165) is 24.1 Å². The predicted molar refractivity (Wildman–Crippen MR) is 98.7 cm³/mol. The molecule has 0 N–H and O–H groups in total. The summed E-state index contributed by atoms with van der Waals surface area (Å²) >= 11 is 0. The molecule has 0 atom stereocenters. The third-order valence-corrected chi connectivity index (χ3v) is 4.84. The van der Waals surface area contributed by atoms with Gasteiger partial charge in [0.15, 0.2) is 11.6 Å². The lowest BCUT2D eigenvalue weighted by Crippen LogP contribution is -2.37. The summed E-state index contributed by atoms with van der Waals surface area (Å²) in [4.78, 5) is 25.9. The van der Waals surface area contributed by atoms with Gasteiger partial charge in [0.2, 0.25) is 0 Å². The molecule has 0 unspecified atom stereocenters. The predicted octanol–water partition coefficient (Wildman–Crippen LogP) is 2.15. The van der Waals surface area contributed by atoms with Crippen molar-refractivity contribution in [3.63, 3.8) is 0 Å². The van der Waals surface area contributed by atoms with E-state index in [4.69, 9.17) is 0 Å². The number of aromatic nitrogens is 5. The van der Waals surface area contributed by atoms with E-state index >= 15 is 0 Å². The van der Waals surface area contributed by atoms with Gasteiger partial charge in [-0.05, 0) is 37.0 Å². The highest BCUT2D eigenvalue weighted by molar-refractivity contribution is 5.57. The van der Waals surface area contributed by atoms with Crippen LogP contribution in [-0.4, -0.2) is 37.8 Å². The Bertz CT molecular complexity index is 969. The van der Waals surface area contributed by atoms with Gasteiger partial charge in [-0.1, -0.05) is 0 Å². The number of hydrogen-bond donors (Lipinski definition) is 0. The van der Waals surface area contributed by atoms with Crippen LogP contribution in [0.4, 0.5) is 10.2 Å². The largest absolute Gasteiger partial charge is 0.354 e. The summed E-state index contributed by atoms with van der Waals surface area (Å²) in [6, 6.07) is 7.01. The molecule has 7 nitrogen and oxygen atoms in total. The van der Waals surface area contributed by atoms with Crippen LogP contribution in [0.1, 0.15) is 12.8 Å². The quantitative estimate of drug-likeness (QED) is 0.704. The molecule has 0 amide bonds. The Morgan fingerprint density at radius 1 is 1.07 bits per heavy atom. The Morgan fingerprint density at radius 2 is 1.85 bits per heavy atom. The first-order valence-corrected chi connectivity index (χ1v) is 8.90. The number of hydrogen-bond acceptors (Lipinski definition) is 6. The number of nitrogens with zero attached hydrogens (tertiary/aromatic N) is 6. The second-order valence-electron chi connectivity index (χ2n) is 6.60. The molecule has 3 aromatic rings. The van der Waals surface area contributed by atoms with E-state index in [1.54, 1.807) is 24.5 Å². The number of piperidine rings is 1. The van der Waals surface area contributed by atoms with Crippen LogP contribution in [0, 0.1) is 11.7 Å². The highest BCUT2D eigenvalue weighted by atomic mass is 19.1. The van der Waals surface area contributed by atoms with E-state index in [9.17, 15) is 9.18 Å². The van der Waals surface area contributed by atoms with Gasteiger partial charge >= 0.3 is 0 Å². The zero-order valence-electron chi connectivity index (χ0n) is 14.7. The smallest absolute Gasteiger partial charge is 0.266 e. The molecule has 8 heteroatoms. The molecule has 0 saturated carbocycles. The Kier molecular flexibility index (Phi) is 4.86. The van der Waals surface area contributed by atoms with Crippen molar-refractivity contribution in [3.05, 3.63) is 65.4 Å². The van der Waals surface area contributed by atoms with Crippen LogP contribution in [-0.2, 0) is 6.54 Å². The summed E-state index contributed by atoms with van der Waals surface area (Å²) in [5, 5.41) is 4.51. The zero-order chi connectivity index (χ0) is 18.6. The average molecular weight is 366 g/mol. The van der Waals surface area contributed by atoms with Crippen LogP contribution in [0.5, 0.6) is 0 Å². The van der Waals surface area contributed by atoms with Gasteiger partial charge < -0.3 is 4.90 Å². The van der Waals surface area contributed by atoms with Crippen LogP contribution in [0.3, 0.4) is 0 Å². The Hall–Kier alpha value is -3.16. The highest BCUT2D eigenvalue weighted by Crippen LogP contribution is 2.24. The number of rotatable bonds is 4. The average Bonchev–Trinajstić information content (AvgIpc) is 2.71. The Morgan fingerprint density at radius 3 is 2.59 bits per heavy atom. The molecular weight excluding hydrogens is 347 g/mol. The van der Waals surface area contributed by atoms with Crippen LogP contribution >= 0.6 is 0 Å². The molecule has 0 bridgehead atoms. The minimum absolute atomic E-state index is 0.114. The van der Waals surface area contributed by atoms with E-state index in [0.29, 0.717) is 31.4 Å². The van der Waals surface area contributed by atoms with E-state index < -0.39 is 5.82 Å². The van der Waals surface area contributed by atoms with E-state index in [1.807, 2.05) is 17.0 Å². The second kappa shape index (κ2) is 7.61. The van der Waals surface area contributed by atoms with Crippen molar-refractivity contribution in [1.82, 2.24) is 24.7 Å². The van der Waals surface area contributed by atoms with E-state index in [-0.39, 0.29) is 5.56 Å². The molecule has 1 fully saturated rings. The summed E-state index contributed by atoms with van der Waals surface area (Å²) < 4.78 is 15.4. The van der Waals surface area contributed by atoms with Crippen molar-refractivity contribution < 1.29 is 4.39 Å². The van der Waals surface area contributed by atoms with Crippen molar-refractivity contribution in [1.29, 1.82) is 0 Å². The summed E-state index contributed by atoms with van der Waals surface area (Å²) in [6.45, 7) is 1.94. The highest BCUT2D eigenvalue weighted by Gasteiger charge is 2.23. The third kappa shape index (κ3) is 3.84. The van der Waals surface area contributed by atoms with Crippen LogP contribution in [0.25, 0.3) is 11.3 Å². The molecule has 0 spiro atoms. The molecule has 1 saturated heterocycles. The summed E-state index contributed by atoms with van der Waals surface area (Å²) in [7, 11) is 0. The summed E-state index contributed by atoms with van der Waals surface area (Å²) in [5.41, 5.74) is 1.56. The maximum Gasteiger partial charge on any atom is 0.266 e. The number of halogens is 1. The monoisotopic (exact) mass is 366 g/mol. The first-order valence-electron chi connectivity index (χ1n) is 8.90. The van der Waals surface area contributed by atoms with Gasteiger partial charge in [-0.15, -0.1) is 0 Å². The molecule has 1 aliphatic heterocycles. The first-order chi connectivity index (χ1) is 13.2. The molecule has 138 valence electrons. The maximum absolute atomic E-state index is 13.9. The number of pyridine rings is 1. The molecule has 3 aromatic heterocycles. The van der Waals surface area contributed by atoms with Crippen molar-refractivity contribution in [2.45, 2.75) is 19.4 Å². The third-order valence-electron chi connectivity index (χ3n) is 4.84. The van der Waals surface area contributed by atoms with Gasteiger partial charge in [-0.3, -0.25) is 9.78 Å². The molecule has 1 aliphatic rings. The minimum Gasteiger partial charge on any atom is -0.354 e. The van der Waals surface area contributed by atoms with Crippen LogP contribution in [0.2, 0.25) is 0 Å². The fourth-order valence-corrected chi connectivity index (χ4v) is 3.37. The van der Waals surface area contributed by atoms with Crippen molar-refractivity contribution in [3.8, 4) is 11.3 Å². The standard InChI is InChI=1S/C19H19FN6O/c20-16-11-22-13-23-19(16)25-9-5-14(6-10-25)12-26-18(27)2-1-17(24-26)15-3-7-21-8-4-15/h1-4,7-8,11,13-14H,5-6,9-10,12H2. The molecule has 4 rings (SSSR count). The first kappa shape index (κ1) is 17.3. The normalized spacial score (nSPS) is 15.1. The van der Waals surface area contributed by atoms with Crippen molar-refractivity contribution in [2.24, 2.45) is 5.92 Å². The maximum atomic E-state index is 13.9. The molecule has 27 heavy (non-hydrogen) atoms. The molecule has 0 aliphatic carbocycles. The molecule has 4 heterocycles. The lowest BCUT2D eigenvalue weighted by molar-refractivity contribution is 0.333. The van der Waals surface area contributed by atoms with E-state index in [1.165, 1.54) is 17.2 Å². The number of anilines is 1. The minimum atomic E-state index is -0.404. The topological polar surface area (TPSA) is 76.8 Å². The van der Waals surface area contributed by atoms with Gasteiger partial charge in [-0.2, -0.15) is 5.10 Å². The van der Waals surface area contributed by atoms with Gasteiger partial charge in [-0.25, -0.2) is 19.0 Å². The SMILES string of the molecule is O=c1ccc(-c2ccncc2)nn1CC1CCN(c2ncncc2F)CC1.